The van der Waals surface area contributed by atoms with Gasteiger partial charge in [0, 0.05) is 5.54 Å². The first-order chi connectivity index (χ1) is 4.68. The van der Waals surface area contributed by atoms with Gasteiger partial charge in [-0.25, -0.2) is 0 Å². The van der Waals surface area contributed by atoms with Crippen LogP contribution in [0.5, 0.6) is 0 Å². The van der Waals surface area contributed by atoms with Gasteiger partial charge in [0.05, 0.1) is 19.2 Å². The highest BCUT2D eigenvalue weighted by atomic mass is 16.3. The zero-order valence-corrected chi connectivity index (χ0v) is 6.52. The Morgan fingerprint density at radius 3 is 2.60 bits per heavy atom. The van der Waals surface area contributed by atoms with Crippen molar-refractivity contribution in [1.82, 2.24) is 5.32 Å². The molecule has 0 saturated heterocycles. The zero-order chi connectivity index (χ0) is 8.04. The number of nitrogens with zero attached hydrogens (tertiary/aromatic N) is 1. The van der Waals surface area contributed by atoms with E-state index in [2.05, 4.69) is 5.32 Å². The molecule has 0 aliphatic rings. The van der Waals surface area contributed by atoms with Gasteiger partial charge in [-0.05, 0) is 13.3 Å². The third-order valence-electron chi connectivity index (χ3n) is 1.72. The van der Waals surface area contributed by atoms with Crippen LogP contribution < -0.4 is 5.32 Å². The first-order valence-corrected chi connectivity index (χ1v) is 3.41. The molecule has 0 rings (SSSR count). The van der Waals surface area contributed by atoms with Crippen LogP contribution in [0.1, 0.15) is 20.3 Å². The quantitative estimate of drug-likeness (QED) is 0.554. The maximum absolute atomic E-state index is 8.84. The monoisotopic (exact) mass is 142 g/mol. The normalized spacial score (nSPS) is 15.8. The highest BCUT2D eigenvalue weighted by Crippen LogP contribution is 2.05. The topological polar surface area (TPSA) is 56.0 Å². The molecule has 1 atom stereocenters. The van der Waals surface area contributed by atoms with Gasteiger partial charge >= 0.3 is 0 Å². The van der Waals surface area contributed by atoms with Crippen LogP contribution in [-0.2, 0) is 0 Å². The van der Waals surface area contributed by atoms with Crippen molar-refractivity contribution in [3.8, 4) is 6.07 Å². The summed E-state index contributed by atoms with van der Waals surface area (Å²) in [5, 5.41) is 20.0. The second-order valence-corrected chi connectivity index (χ2v) is 2.58. The molecule has 0 fully saturated rings. The highest BCUT2D eigenvalue weighted by molar-refractivity contribution is 4.85. The van der Waals surface area contributed by atoms with Crippen molar-refractivity contribution in [2.24, 2.45) is 0 Å². The Balaban J connectivity index is 3.71. The van der Waals surface area contributed by atoms with Crippen LogP contribution in [-0.4, -0.2) is 23.8 Å². The molecule has 0 radical (unpaired) electrons. The number of nitriles is 1. The van der Waals surface area contributed by atoms with Gasteiger partial charge in [0.25, 0.3) is 0 Å². The van der Waals surface area contributed by atoms with Gasteiger partial charge in [0.2, 0.25) is 0 Å². The van der Waals surface area contributed by atoms with Gasteiger partial charge in [0.15, 0.2) is 0 Å². The number of aliphatic hydroxyl groups is 1. The molecule has 3 heteroatoms. The molecule has 0 spiro atoms. The van der Waals surface area contributed by atoms with Crippen LogP contribution in [0.2, 0.25) is 0 Å². The van der Waals surface area contributed by atoms with Crippen LogP contribution in [0.25, 0.3) is 0 Å². The van der Waals surface area contributed by atoms with Gasteiger partial charge in [-0.15, -0.1) is 0 Å². The van der Waals surface area contributed by atoms with Crippen molar-refractivity contribution in [2.75, 3.05) is 13.2 Å². The van der Waals surface area contributed by atoms with E-state index in [0.29, 0.717) is 6.54 Å². The van der Waals surface area contributed by atoms with E-state index in [1.807, 2.05) is 19.9 Å². The molecule has 0 aliphatic heterocycles. The maximum Gasteiger partial charge on any atom is 0.0845 e. The number of aliphatic hydroxyl groups excluding tert-OH is 1. The second-order valence-electron chi connectivity index (χ2n) is 2.58. The molecular weight excluding hydrogens is 128 g/mol. The molecule has 0 amide bonds. The second kappa shape index (κ2) is 4.26. The van der Waals surface area contributed by atoms with E-state index in [1.165, 1.54) is 0 Å². The molecule has 1 unspecified atom stereocenters. The maximum atomic E-state index is 8.84. The summed E-state index contributed by atoms with van der Waals surface area (Å²) in [6, 6.07) is 1.97. The fraction of sp³-hybridized carbons (Fsp3) is 0.857. The van der Waals surface area contributed by atoms with Gasteiger partial charge in [0.1, 0.15) is 0 Å². The van der Waals surface area contributed by atoms with Crippen molar-refractivity contribution < 1.29 is 5.11 Å². The van der Waals surface area contributed by atoms with Gasteiger partial charge in [-0.2, -0.15) is 5.26 Å². The Hall–Kier alpha value is -0.590. The van der Waals surface area contributed by atoms with E-state index in [-0.39, 0.29) is 12.1 Å². The summed E-state index contributed by atoms with van der Waals surface area (Å²) < 4.78 is 0. The van der Waals surface area contributed by atoms with Crippen LogP contribution in [0.15, 0.2) is 0 Å². The van der Waals surface area contributed by atoms with Gasteiger partial charge < -0.3 is 5.11 Å². The van der Waals surface area contributed by atoms with Crippen LogP contribution >= 0.6 is 0 Å². The summed E-state index contributed by atoms with van der Waals surface area (Å²) in [5.74, 6) is 0. The van der Waals surface area contributed by atoms with Crippen molar-refractivity contribution in [3.63, 3.8) is 0 Å². The minimum absolute atomic E-state index is 0.0746. The summed E-state index contributed by atoms with van der Waals surface area (Å²) in [5.41, 5.74) is -0.282. The standard InChI is InChI=1S/C7H14N2O/c1-3-7(2,6-10)9-5-4-8/h9-10H,3,5-6H2,1-2H3. The summed E-state index contributed by atoms with van der Waals surface area (Å²) in [4.78, 5) is 0. The van der Waals surface area contributed by atoms with Crippen LogP contribution in [0.4, 0.5) is 0 Å². The summed E-state index contributed by atoms with van der Waals surface area (Å²) in [6.45, 7) is 4.24. The average molecular weight is 142 g/mol. The van der Waals surface area contributed by atoms with Crippen LogP contribution in [0, 0.1) is 11.3 Å². The fourth-order valence-electron chi connectivity index (χ4n) is 0.546. The lowest BCUT2D eigenvalue weighted by Gasteiger charge is -2.25. The van der Waals surface area contributed by atoms with E-state index in [4.69, 9.17) is 10.4 Å². The van der Waals surface area contributed by atoms with Gasteiger partial charge in [-0.3, -0.25) is 5.32 Å². The Morgan fingerprint density at radius 2 is 2.30 bits per heavy atom. The predicted molar refractivity (Wildman–Crippen MR) is 39.4 cm³/mol. The van der Waals surface area contributed by atoms with Crippen molar-refractivity contribution in [1.29, 1.82) is 5.26 Å². The molecule has 3 nitrogen and oxygen atoms in total. The molecule has 0 aromatic heterocycles. The predicted octanol–water partition coefficient (Wildman–Crippen LogP) is 0.261. The fourth-order valence-corrected chi connectivity index (χ4v) is 0.546. The minimum atomic E-state index is -0.282. The number of hydrogen-bond acceptors (Lipinski definition) is 3. The third-order valence-corrected chi connectivity index (χ3v) is 1.72. The van der Waals surface area contributed by atoms with Crippen molar-refractivity contribution >= 4 is 0 Å². The van der Waals surface area contributed by atoms with Crippen molar-refractivity contribution in [2.45, 2.75) is 25.8 Å². The molecule has 0 saturated carbocycles. The number of hydrogen-bond donors (Lipinski definition) is 2. The molecule has 10 heavy (non-hydrogen) atoms. The lowest BCUT2D eigenvalue weighted by atomic mass is 10.0. The Kier molecular flexibility index (Phi) is 4.01. The number of rotatable bonds is 4. The molecule has 0 aliphatic carbocycles. The van der Waals surface area contributed by atoms with Gasteiger partial charge in [-0.1, -0.05) is 6.92 Å². The zero-order valence-electron chi connectivity index (χ0n) is 6.52. The summed E-state index contributed by atoms with van der Waals surface area (Å²) in [6.07, 6.45) is 0.825. The molecule has 0 aromatic rings. The molecule has 58 valence electrons. The minimum Gasteiger partial charge on any atom is -0.394 e. The first kappa shape index (κ1) is 9.41. The third kappa shape index (κ3) is 2.81. The highest BCUT2D eigenvalue weighted by Gasteiger charge is 2.18. The van der Waals surface area contributed by atoms with E-state index in [1.54, 1.807) is 0 Å². The van der Waals surface area contributed by atoms with E-state index < -0.39 is 0 Å². The molecule has 0 bridgehead atoms. The lowest BCUT2D eigenvalue weighted by molar-refractivity contribution is 0.175. The molecule has 0 heterocycles. The Morgan fingerprint density at radius 1 is 1.70 bits per heavy atom. The first-order valence-electron chi connectivity index (χ1n) is 3.41. The smallest absolute Gasteiger partial charge is 0.0845 e. The van der Waals surface area contributed by atoms with E-state index in [9.17, 15) is 0 Å². The Labute approximate surface area is 61.7 Å². The number of nitrogens with one attached hydrogen (secondary N) is 1. The largest absolute Gasteiger partial charge is 0.394 e. The molecule has 0 aromatic carbocycles. The van der Waals surface area contributed by atoms with Crippen LogP contribution in [0.3, 0.4) is 0 Å². The van der Waals surface area contributed by atoms with E-state index >= 15 is 0 Å². The SMILES string of the molecule is CCC(C)(CO)NCC#N. The summed E-state index contributed by atoms with van der Waals surface area (Å²) in [7, 11) is 0. The lowest BCUT2D eigenvalue weighted by Crippen LogP contribution is -2.45. The summed E-state index contributed by atoms with van der Waals surface area (Å²) >= 11 is 0. The molecule has 2 N–H and O–H groups in total. The van der Waals surface area contributed by atoms with Crippen molar-refractivity contribution in [3.05, 3.63) is 0 Å². The Bertz CT molecular complexity index is 124. The molecular formula is C7H14N2O. The average Bonchev–Trinajstić information content (AvgIpc) is 2.00. The van der Waals surface area contributed by atoms with E-state index in [0.717, 1.165) is 6.42 Å².